The van der Waals surface area contributed by atoms with Gasteiger partial charge in [-0.05, 0) is 48.7 Å². The van der Waals surface area contributed by atoms with Crippen LogP contribution in [0.2, 0.25) is 0 Å². The number of pyridine rings is 1. The van der Waals surface area contributed by atoms with E-state index in [1.807, 2.05) is 31.2 Å². The summed E-state index contributed by atoms with van der Waals surface area (Å²) in [4.78, 5) is 4.32. The molecule has 1 aromatic carbocycles. The smallest absolute Gasteiger partial charge is 0.223 e. The van der Waals surface area contributed by atoms with Crippen LogP contribution in [-0.2, 0) is 6.42 Å². The molecule has 2 aromatic rings. The summed E-state index contributed by atoms with van der Waals surface area (Å²) in [5.74, 6) is 1.53. The molecule has 3 heteroatoms. The number of aromatic nitrogens is 1. The molecule has 0 aliphatic heterocycles. The molecule has 3 rings (SSSR count). The number of rotatable bonds is 2. The fraction of sp³-hybridized carbons (Fsp3) is 0.133. The van der Waals surface area contributed by atoms with Crippen LogP contribution in [0.15, 0.2) is 41.0 Å². The average molecular weight is 302 g/mol. The van der Waals surface area contributed by atoms with Crippen molar-refractivity contribution in [3.63, 3.8) is 0 Å². The topological polar surface area (TPSA) is 22.1 Å². The zero-order chi connectivity index (χ0) is 12.5. The standard InChI is InChI=1S/C15H12BrNO/c1-10-9-12(5-6-14(10)16)18-15-13-4-2-3-11(13)7-8-17-15/h2-3,5-9H,4H2,1H3. The number of aryl methyl sites for hydroxylation is 1. The Hall–Kier alpha value is -1.61. The van der Waals surface area contributed by atoms with E-state index in [1.165, 1.54) is 5.56 Å². The van der Waals surface area contributed by atoms with Crippen LogP contribution in [0.25, 0.3) is 6.08 Å². The summed E-state index contributed by atoms with van der Waals surface area (Å²) in [5, 5.41) is 0. The van der Waals surface area contributed by atoms with Crippen molar-refractivity contribution in [1.82, 2.24) is 4.98 Å². The van der Waals surface area contributed by atoms with Gasteiger partial charge in [0.15, 0.2) is 0 Å². The van der Waals surface area contributed by atoms with E-state index in [2.05, 4.69) is 33.1 Å². The SMILES string of the molecule is Cc1cc(Oc2nccc3c2CC=C3)ccc1Br. The Bertz CT molecular complexity index is 634. The fourth-order valence-corrected chi connectivity index (χ4v) is 2.28. The van der Waals surface area contributed by atoms with Crippen LogP contribution in [0.3, 0.4) is 0 Å². The number of hydrogen-bond donors (Lipinski definition) is 0. The molecule has 0 spiro atoms. The maximum Gasteiger partial charge on any atom is 0.223 e. The highest BCUT2D eigenvalue weighted by molar-refractivity contribution is 9.10. The van der Waals surface area contributed by atoms with Gasteiger partial charge in [-0.1, -0.05) is 28.1 Å². The monoisotopic (exact) mass is 301 g/mol. The molecule has 0 fully saturated rings. The Morgan fingerprint density at radius 3 is 3.00 bits per heavy atom. The predicted molar refractivity (Wildman–Crippen MR) is 75.9 cm³/mol. The third-order valence-electron chi connectivity index (χ3n) is 3.02. The molecular formula is C15H12BrNO. The van der Waals surface area contributed by atoms with Gasteiger partial charge in [-0.15, -0.1) is 0 Å². The van der Waals surface area contributed by atoms with Crippen LogP contribution < -0.4 is 4.74 Å². The maximum atomic E-state index is 5.89. The number of nitrogens with zero attached hydrogens (tertiary/aromatic N) is 1. The first kappa shape index (κ1) is 11.5. The molecule has 1 aliphatic carbocycles. The van der Waals surface area contributed by atoms with Crippen molar-refractivity contribution >= 4 is 22.0 Å². The van der Waals surface area contributed by atoms with E-state index in [9.17, 15) is 0 Å². The van der Waals surface area contributed by atoms with Crippen molar-refractivity contribution in [2.24, 2.45) is 0 Å². The second-order valence-corrected chi connectivity index (χ2v) is 5.16. The van der Waals surface area contributed by atoms with Gasteiger partial charge >= 0.3 is 0 Å². The summed E-state index contributed by atoms with van der Waals surface area (Å²) in [6.45, 7) is 2.04. The van der Waals surface area contributed by atoms with Crippen LogP contribution >= 0.6 is 15.9 Å². The molecule has 0 saturated carbocycles. The molecule has 0 N–H and O–H groups in total. The molecule has 1 aromatic heterocycles. The van der Waals surface area contributed by atoms with Gasteiger partial charge in [0.05, 0.1) is 0 Å². The lowest BCUT2D eigenvalue weighted by atomic mass is 10.2. The van der Waals surface area contributed by atoms with E-state index in [1.54, 1.807) is 6.20 Å². The van der Waals surface area contributed by atoms with Crippen molar-refractivity contribution in [2.75, 3.05) is 0 Å². The van der Waals surface area contributed by atoms with Gasteiger partial charge in [-0.3, -0.25) is 0 Å². The Morgan fingerprint density at radius 1 is 1.28 bits per heavy atom. The Kier molecular flexibility index (Phi) is 2.92. The lowest BCUT2D eigenvalue weighted by Crippen LogP contribution is -1.94. The van der Waals surface area contributed by atoms with Crippen LogP contribution in [0.5, 0.6) is 11.6 Å². The van der Waals surface area contributed by atoms with Crippen LogP contribution in [0.4, 0.5) is 0 Å². The summed E-state index contributed by atoms with van der Waals surface area (Å²) >= 11 is 3.48. The number of ether oxygens (including phenoxy) is 1. The van der Waals surface area contributed by atoms with Crippen molar-refractivity contribution in [1.29, 1.82) is 0 Å². The van der Waals surface area contributed by atoms with Gasteiger partial charge in [0, 0.05) is 16.2 Å². The normalized spacial score (nSPS) is 12.6. The first-order valence-electron chi connectivity index (χ1n) is 5.82. The Labute approximate surface area is 114 Å². The number of fused-ring (bicyclic) bond motifs is 1. The van der Waals surface area contributed by atoms with Crippen molar-refractivity contribution < 1.29 is 4.74 Å². The average Bonchev–Trinajstić information content (AvgIpc) is 2.83. The Morgan fingerprint density at radius 2 is 2.17 bits per heavy atom. The van der Waals surface area contributed by atoms with E-state index in [0.717, 1.165) is 27.8 Å². The number of benzene rings is 1. The summed E-state index contributed by atoms with van der Waals surface area (Å²) < 4.78 is 6.97. The van der Waals surface area contributed by atoms with E-state index in [0.29, 0.717) is 5.88 Å². The number of halogens is 1. The van der Waals surface area contributed by atoms with E-state index in [4.69, 9.17) is 4.74 Å². The number of hydrogen-bond acceptors (Lipinski definition) is 2. The molecule has 0 saturated heterocycles. The molecule has 2 nitrogen and oxygen atoms in total. The minimum atomic E-state index is 0.708. The lowest BCUT2D eigenvalue weighted by molar-refractivity contribution is 0.457. The van der Waals surface area contributed by atoms with Crippen molar-refractivity contribution in [2.45, 2.75) is 13.3 Å². The molecule has 90 valence electrons. The van der Waals surface area contributed by atoms with Gasteiger partial charge in [0.1, 0.15) is 5.75 Å². The third kappa shape index (κ3) is 2.06. The summed E-state index contributed by atoms with van der Waals surface area (Å²) in [5.41, 5.74) is 3.52. The van der Waals surface area contributed by atoms with Gasteiger partial charge in [0.25, 0.3) is 0 Å². The molecular weight excluding hydrogens is 290 g/mol. The van der Waals surface area contributed by atoms with Gasteiger partial charge in [-0.2, -0.15) is 0 Å². The third-order valence-corrected chi connectivity index (χ3v) is 3.91. The quantitative estimate of drug-likeness (QED) is 0.814. The zero-order valence-electron chi connectivity index (χ0n) is 9.98. The largest absolute Gasteiger partial charge is 0.439 e. The summed E-state index contributed by atoms with van der Waals surface area (Å²) in [6.07, 6.45) is 6.92. The molecule has 0 bridgehead atoms. The fourth-order valence-electron chi connectivity index (χ4n) is 2.03. The molecule has 1 aliphatic rings. The lowest BCUT2D eigenvalue weighted by Gasteiger charge is -2.10. The minimum absolute atomic E-state index is 0.708. The molecule has 0 radical (unpaired) electrons. The molecule has 0 unspecified atom stereocenters. The molecule has 0 amide bonds. The molecule has 1 heterocycles. The minimum Gasteiger partial charge on any atom is -0.439 e. The second-order valence-electron chi connectivity index (χ2n) is 4.30. The van der Waals surface area contributed by atoms with E-state index < -0.39 is 0 Å². The summed E-state index contributed by atoms with van der Waals surface area (Å²) in [7, 11) is 0. The first-order valence-corrected chi connectivity index (χ1v) is 6.62. The highest BCUT2D eigenvalue weighted by Gasteiger charge is 2.13. The highest BCUT2D eigenvalue weighted by Crippen LogP contribution is 2.31. The van der Waals surface area contributed by atoms with Crippen LogP contribution in [0.1, 0.15) is 16.7 Å². The van der Waals surface area contributed by atoms with Crippen LogP contribution in [0, 0.1) is 6.92 Å². The first-order chi connectivity index (χ1) is 8.74. The zero-order valence-corrected chi connectivity index (χ0v) is 11.6. The molecule has 18 heavy (non-hydrogen) atoms. The summed E-state index contributed by atoms with van der Waals surface area (Å²) in [6, 6.07) is 7.96. The van der Waals surface area contributed by atoms with Crippen molar-refractivity contribution in [3.8, 4) is 11.6 Å². The van der Waals surface area contributed by atoms with Gasteiger partial charge < -0.3 is 4.74 Å². The number of allylic oxidation sites excluding steroid dienone is 1. The van der Waals surface area contributed by atoms with E-state index in [-0.39, 0.29) is 0 Å². The van der Waals surface area contributed by atoms with Gasteiger partial charge in [0.2, 0.25) is 5.88 Å². The Balaban J connectivity index is 1.93. The van der Waals surface area contributed by atoms with E-state index >= 15 is 0 Å². The van der Waals surface area contributed by atoms with Crippen LogP contribution in [-0.4, -0.2) is 4.98 Å². The highest BCUT2D eigenvalue weighted by atomic mass is 79.9. The molecule has 0 atom stereocenters. The second kappa shape index (κ2) is 4.58. The predicted octanol–water partition coefficient (Wildman–Crippen LogP) is 4.51. The van der Waals surface area contributed by atoms with Gasteiger partial charge in [-0.25, -0.2) is 4.98 Å². The maximum absolute atomic E-state index is 5.89. The van der Waals surface area contributed by atoms with Crippen molar-refractivity contribution in [3.05, 3.63) is 57.7 Å².